The maximum atomic E-state index is 13.9. The van der Waals surface area contributed by atoms with Gasteiger partial charge in [0, 0.05) is 48.2 Å². The van der Waals surface area contributed by atoms with Crippen LogP contribution in [0.1, 0.15) is 55.8 Å². The zero-order valence-corrected chi connectivity index (χ0v) is 21.8. The van der Waals surface area contributed by atoms with Crippen molar-refractivity contribution in [3.63, 3.8) is 0 Å². The number of nitrogens with zero attached hydrogens (tertiary/aromatic N) is 3. The molecule has 0 bridgehead atoms. The number of benzene rings is 1. The fourth-order valence-corrected chi connectivity index (χ4v) is 6.13. The third kappa shape index (κ3) is 5.02. The number of nitrogens with one attached hydrogen (secondary N) is 2. The minimum atomic E-state index is -0.269. The quantitative estimate of drug-likeness (QED) is 0.569. The van der Waals surface area contributed by atoms with Gasteiger partial charge in [0.05, 0.1) is 5.92 Å². The molecule has 7 heteroatoms. The average molecular weight is 480 g/mol. The molecule has 2 heterocycles. The number of carbonyl (C=O) groups excluding carboxylic acids is 2. The van der Waals surface area contributed by atoms with E-state index in [1.807, 2.05) is 27.1 Å². The molecule has 190 valence electrons. The standard InChI is InChI=1S/C28H41N5O2/c1-6-13-32-18-19(27(34)33(28(35)29-8-3)15-10-14-31(4)5)16-21-20-11-9-12-24-26(20)22(17-25(21)32)23(7-2)30-24/h7,9,11-12,19,21,25,30H,2,6,8,10,13-18H2,1,3-5H3,(H,29,35)/t19-,21-,25-/m1/s1. The van der Waals surface area contributed by atoms with E-state index in [9.17, 15) is 9.59 Å². The molecule has 1 fully saturated rings. The van der Waals surface area contributed by atoms with Gasteiger partial charge in [-0.25, -0.2) is 4.79 Å². The Morgan fingerprint density at radius 3 is 2.74 bits per heavy atom. The summed E-state index contributed by atoms with van der Waals surface area (Å²) in [5.41, 5.74) is 4.94. The van der Waals surface area contributed by atoms with E-state index >= 15 is 0 Å². The third-order valence-electron chi connectivity index (χ3n) is 7.62. The van der Waals surface area contributed by atoms with Crippen LogP contribution in [0.4, 0.5) is 4.79 Å². The van der Waals surface area contributed by atoms with Crippen LogP contribution in [-0.4, -0.2) is 84.5 Å². The lowest BCUT2D eigenvalue weighted by Gasteiger charge is -2.47. The Hall–Kier alpha value is -2.64. The first kappa shape index (κ1) is 25.5. The summed E-state index contributed by atoms with van der Waals surface area (Å²) in [6.07, 6.45) is 5.47. The maximum Gasteiger partial charge on any atom is 0.324 e. The van der Waals surface area contributed by atoms with E-state index in [1.54, 1.807) is 0 Å². The minimum absolute atomic E-state index is 0.0342. The number of urea groups is 1. The Morgan fingerprint density at radius 2 is 2.06 bits per heavy atom. The highest BCUT2D eigenvalue weighted by atomic mass is 16.2. The van der Waals surface area contributed by atoms with Crippen LogP contribution in [-0.2, 0) is 11.2 Å². The van der Waals surface area contributed by atoms with E-state index in [-0.39, 0.29) is 23.8 Å². The van der Waals surface area contributed by atoms with E-state index < -0.39 is 0 Å². The molecule has 3 atom stereocenters. The molecule has 0 spiro atoms. The Bertz CT molecular complexity index is 1070. The summed E-state index contributed by atoms with van der Waals surface area (Å²) in [4.78, 5) is 36.4. The average Bonchev–Trinajstić information content (AvgIpc) is 3.20. The zero-order chi connectivity index (χ0) is 25.1. The fraction of sp³-hybridized carbons (Fsp3) is 0.571. The molecule has 1 aromatic heterocycles. The number of imide groups is 1. The highest BCUT2D eigenvalue weighted by molar-refractivity contribution is 5.96. The van der Waals surface area contributed by atoms with Crippen LogP contribution in [0, 0.1) is 5.92 Å². The van der Waals surface area contributed by atoms with Crippen molar-refractivity contribution < 1.29 is 9.59 Å². The highest BCUT2D eigenvalue weighted by Gasteiger charge is 2.44. The fourth-order valence-electron chi connectivity index (χ4n) is 6.13. The first-order valence-electron chi connectivity index (χ1n) is 13.1. The van der Waals surface area contributed by atoms with Crippen LogP contribution in [0.15, 0.2) is 24.8 Å². The van der Waals surface area contributed by atoms with Crippen molar-refractivity contribution in [2.45, 2.75) is 51.5 Å². The molecule has 1 saturated heterocycles. The Kier molecular flexibility index (Phi) is 7.97. The molecule has 4 rings (SSSR count). The van der Waals surface area contributed by atoms with Crippen LogP contribution in [0.2, 0.25) is 0 Å². The molecule has 0 saturated carbocycles. The van der Waals surface area contributed by atoms with Crippen molar-refractivity contribution in [3.8, 4) is 0 Å². The number of H-pyrrole nitrogens is 1. The van der Waals surface area contributed by atoms with Gasteiger partial charge in [0.2, 0.25) is 5.91 Å². The van der Waals surface area contributed by atoms with Gasteiger partial charge in [-0.1, -0.05) is 25.6 Å². The predicted octanol–water partition coefficient (Wildman–Crippen LogP) is 4.06. The van der Waals surface area contributed by atoms with Gasteiger partial charge in [0.25, 0.3) is 0 Å². The molecule has 0 unspecified atom stereocenters. The number of hydrogen-bond acceptors (Lipinski definition) is 4. The van der Waals surface area contributed by atoms with Crippen LogP contribution < -0.4 is 5.32 Å². The number of aromatic amines is 1. The molecule has 0 radical (unpaired) electrons. The highest BCUT2D eigenvalue weighted by Crippen LogP contribution is 2.46. The van der Waals surface area contributed by atoms with Gasteiger partial charge < -0.3 is 15.2 Å². The van der Waals surface area contributed by atoms with E-state index in [2.05, 4.69) is 51.8 Å². The second-order valence-corrected chi connectivity index (χ2v) is 10.3. The molecule has 2 aromatic rings. The summed E-state index contributed by atoms with van der Waals surface area (Å²) in [5.74, 6) is 0.0410. The van der Waals surface area contributed by atoms with E-state index in [1.165, 1.54) is 21.4 Å². The smallest absolute Gasteiger partial charge is 0.324 e. The summed E-state index contributed by atoms with van der Waals surface area (Å²) in [5, 5.41) is 4.17. The lowest BCUT2D eigenvalue weighted by molar-refractivity contribution is -0.135. The third-order valence-corrected chi connectivity index (χ3v) is 7.62. The molecule has 3 amide bonds. The largest absolute Gasteiger partial charge is 0.355 e. The Balaban J connectivity index is 1.65. The van der Waals surface area contributed by atoms with E-state index in [0.717, 1.165) is 50.0 Å². The number of aromatic nitrogens is 1. The van der Waals surface area contributed by atoms with Crippen molar-refractivity contribution >= 4 is 28.9 Å². The SMILES string of the molecule is C=Cc1[nH]c2cccc3c2c1C[C@@H]1[C@@H]3C[C@@H](C(=O)N(CCCN(C)C)C(=O)NCC)CN1CCC. The molecular formula is C28H41N5O2. The van der Waals surface area contributed by atoms with Crippen LogP contribution in [0.25, 0.3) is 17.0 Å². The van der Waals surface area contributed by atoms with Gasteiger partial charge in [-0.3, -0.25) is 14.6 Å². The molecule has 1 aliphatic carbocycles. The van der Waals surface area contributed by atoms with Crippen LogP contribution >= 0.6 is 0 Å². The summed E-state index contributed by atoms with van der Waals surface area (Å²) < 4.78 is 0. The van der Waals surface area contributed by atoms with Crippen molar-refractivity contribution in [1.29, 1.82) is 0 Å². The summed E-state index contributed by atoms with van der Waals surface area (Å²) >= 11 is 0. The second kappa shape index (κ2) is 11.0. The van der Waals surface area contributed by atoms with Gasteiger partial charge in [0.15, 0.2) is 0 Å². The monoisotopic (exact) mass is 479 g/mol. The second-order valence-electron chi connectivity index (χ2n) is 10.3. The van der Waals surface area contributed by atoms with Crippen molar-refractivity contribution in [2.75, 3.05) is 46.8 Å². The molecule has 7 nitrogen and oxygen atoms in total. The summed E-state index contributed by atoms with van der Waals surface area (Å²) in [6.45, 7) is 11.6. The van der Waals surface area contributed by atoms with Gasteiger partial charge in [-0.2, -0.15) is 0 Å². The molecule has 2 N–H and O–H groups in total. The van der Waals surface area contributed by atoms with Crippen molar-refractivity contribution in [2.24, 2.45) is 5.92 Å². The number of rotatable bonds is 9. The number of piperidine rings is 1. The lowest BCUT2D eigenvalue weighted by atomic mass is 9.71. The summed E-state index contributed by atoms with van der Waals surface area (Å²) in [6, 6.07) is 6.57. The number of fused-ring (bicyclic) bond motifs is 2. The number of amides is 3. The Morgan fingerprint density at radius 1 is 1.26 bits per heavy atom. The maximum absolute atomic E-state index is 13.9. The number of likely N-dealkylation sites (tertiary alicyclic amines) is 1. The van der Waals surface area contributed by atoms with Gasteiger partial charge in [0.1, 0.15) is 0 Å². The zero-order valence-electron chi connectivity index (χ0n) is 21.8. The molecule has 1 aliphatic heterocycles. The van der Waals surface area contributed by atoms with E-state index in [4.69, 9.17) is 0 Å². The molecule has 2 aliphatic rings. The summed E-state index contributed by atoms with van der Waals surface area (Å²) in [7, 11) is 4.03. The topological polar surface area (TPSA) is 71.7 Å². The lowest BCUT2D eigenvalue weighted by Crippen LogP contribution is -2.55. The number of hydrogen-bond donors (Lipinski definition) is 2. The molecule has 1 aromatic carbocycles. The first-order valence-corrected chi connectivity index (χ1v) is 13.1. The van der Waals surface area contributed by atoms with E-state index in [0.29, 0.717) is 25.7 Å². The Labute approximate surface area is 209 Å². The van der Waals surface area contributed by atoms with Crippen molar-refractivity contribution in [1.82, 2.24) is 25.0 Å². The first-order chi connectivity index (χ1) is 16.9. The molecule has 35 heavy (non-hydrogen) atoms. The predicted molar refractivity (Wildman–Crippen MR) is 143 cm³/mol. The molecular weight excluding hydrogens is 438 g/mol. The van der Waals surface area contributed by atoms with Gasteiger partial charge >= 0.3 is 6.03 Å². The van der Waals surface area contributed by atoms with Gasteiger partial charge in [-0.15, -0.1) is 0 Å². The number of carbonyl (C=O) groups is 2. The van der Waals surface area contributed by atoms with Crippen LogP contribution in [0.3, 0.4) is 0 Å². The normalized spacial score (nSPS) is 21.7. The van der Waals surface area contributed by atoms with Crippen molar-refractivity contribution in [3.05, 3.63) is 41.6 Å². The minimum Gasteiger partial charge on any atom is -0.355 e. The van der Waals surface area contributed by atoms with Crippen LogP contribution in [0.5, 0.6) is 0 Å². The van der Waals surface area contributed by atoms with Gasteiger partial charge in [-0.05, 0) is 83.1 Å².